The number of nitrogens with zero attached hydrogens (tertiary/aromatic N) is 2. The largest absolute Gasteiger partial charge is 0.454 e. The van der Waals surface area contributed by atoms with E-state index in [1.165, 1.54) is 27.3 Å². The number of H-pyrrole nitrogens is 1. The number of aromatic nitrogens is 3. The van der Waals surface area contributed by atoms with Crippen molar-refractivity contribution < 1.29 is 4.42 Å². The first-order valence-corrected chi connectivity index (χ1v) is 15.3. The summed E-state index contributed by atoms with van der Waals surface area (Å²) in [5.41, 5.74) is 8.31. The van der Waals surface area contributed by atoms with Gasteiger partial charge in [0.05, 0.1) is 5.52 Å². The smallest absolute Gasteiger partial charge is 0.156 e. The number of fused-ring (bicyclic) bond motifs is 6. The Morgan fingerprint density at radius 2 is 1.16 bits per heavy atom. The van der Waals surface area contributed by atoms with Crippen LogP contribution in [-0.4, -0.2) is 15.2 Å². The van der Waals surface area contributed by atoms with E-state index in [0.717, 1.165) is 60.9 Å². The van der Waals surface area contributed by atoms with E-state index in [0.29, 0.717) is 0 Å². The fourth-order valence-corrected chi connectivity index (χ4v) is 6.41. The van der Waals surface area contributed by atoms with Crippen molar-refractivity contribution in [1.82, 2.24) is 15.2 Å². The molecule has 8 rings (SSSR count). The number of hydrogen-bond acceptors (Lipinski definition) is 3. The number of aromatic amines is 1. The SMILES string of the molecule is CC(C)(C)c1ccc2[nH]c3c(-c4nnc(-c5cc6ccccc6o5)c5cc6ccccc6cc45)cc(C(C)(C)C)cc3c2c1. The molecule has 0 unspecified atom stereocenters. The summed E-state index contributed by atoms with van der Waals surface area (Å²) in [5, 5.41) is 17.8. The zero-order valence-electron chi connectivity index (χ0n) is 26.0. The van der Waals surface area contributed by atoms with E-state index in [9.17, 15) is 0 Å². The normalized spacial score (nSPS) is 12.8. The van der Waals surface area contributed by atoms with E-state index in [1.807, 2.05) is 18.2 Å². The predicted octanol–water partition coefficient (Wildman–Crippen LogP) is 11.1. The van der Waals surface area contributed by atoms with Crippen LogP contribution in [0.3, 0.4) is 0 Å². The quantitative estimate of drug-likeness (QED) is 0.209. The minimum Gasteiger partial charge on any atom is -0.454 e. The van der Waals surface area contributed by atoms with E-state index in [2.05, 4.69) is 125 Å². The molecule has 0 saturated heterocycles. The Bertz CT molecular complexity index is 2380. The number of hydrogen-bond donors (Lipinski definition) is 1. The fraction of sp³-hybridized carbons (Fsp3) is 0.200. The van der Waals surface area contributed by atoms with Crippen molar-refractivity contribution in [3.8, 4) is 22.7 Å². The van der Waals surface area contributed by atoms with E-state index < -0.39 is 0 Å². The molecule has 0 spiro atoms. The molecular formula is C40H35N3O. The van der Waals surface area contributed by atoms with Gasteiger partial charge in [-0.1, -0.05) is 90.1 Å². The van der Waals surface area contributed by atoms with Crippen LogP contribution in [0.5, 0.6) is 0 Å². The van der Waals surface area contributed by atoms with Crippen LogP contribution in [0.25, 0.3) is 77.0 Å². The lowest BCUT2D eigenvalue weighted by molar-refractivity contribution is 0.590. The van der Waals surface area contributed by atoms with Crippen molar-refractivity contribution in [3.05, 3.63) is 108 Å². The van der Waals surface area contributed by atoms with Gasteiger partial charge in [-0.2, -0.15) is 0 Å². The second-order valence-corrected chi connectivity index (χ2v) is 14.1. The first-order chi connectivity index (χ1) is 21.0. The summed E-state index contributed by atoms with van der Waals surface area (Å²) in [4.78, 5) is 3.78. The summed E-state index contributed by atoms with van der Waals surface area (Å²) in [5.74, 6) is 0.722. The van der Waals surface area contributed by atoms with Crippen LogP contribution in [0.2, 0.25) is 0 Å². The van der Waals surface area contributed by atoms with Gasteiger partial charge in [0.2, 0.25) is 0 Å². The van der Waals surface area contributed by atoms with E-state index in [4.69, 9.17) is 14.6 Å². The van der Waals surface area contributed by atoms with Crippen LogP contribution < -0.4 is 0 Å². The van der Waals surface area contributed by atoms with Crippen LogP contribution in [0.15, 0.2) is 101 Å². The second-order valence-electron chi connectivity index (χ2n) is 14.1. The van der Waals surface area contributed by atoms with Crippen molar-refractivity contribution in [2.45, 2.75) is 52.4 Å². The molecule has 4 heteroatoms. The van der Waals surface area contributed by atoms with Crippen molar-refractivity contribution in [3.63, 3.8) is 0 Å². The van der Waals surface area contributed by atoms with Gasteiger partial charge in [-0.05, 0) is 81.3 Å². The molecule has 0 bridgehead atoms. The summed E-state index contributed by atoms with van der Waals surface area (Å²) < 4.78 is 6.32. The third-order valence-electron chi connectivity index (χ3n) is 9.00. The Labute approximate surface area is 256 Å². The number of rotatable bonds is 2. The van der Waals surface area contributed by atoms with Gasteiger partial charge in [-0.15, -0.1) is 10.2 Å². The van der Waals surface area contributed by atoms with Crippen LogP contribution in [0, 0.1) is 0 Å². The van der Waals surface area contributed by atoms with Crippen LogP contribution in [0.4, 0.5) is 0 Å². The summed E-state index contributed by atoms with van der Waals surface area (Å²) in [6, 6.07) is 34.6. The van der Waals surface area contributed by atoms with Gasteiger partial charge < -0.3 is 9.40 Å². The number of furan rings is 1. The van der Waals surface area contributed by atoms with E-state index in [-0.39, 0.29) is 10.8 Å². The molecule has 8 aromatic rings. The first kappa shape index (κ1) is 26.7. The minimum absolute atomic E-state index is 0.0530. The highest BCUT2D eigenvalue weighted by Gasteiger charge is 2.24. The highest BCUT2D eigenvalue weighted by Crippen LogP contribution is 2.42. The van der Waals surface area contributed by atoms with Gasteiger partial charge in [-0.25, -0.2) is 0 Å². The molecule has 0 radical (unpaired) electrons. The van der Waals surface area contributed by atoms with E-state index >= 15 is 0 Å². The Balaban J connectivity index is 1.47. The molecule has 0 saturated carbocycles. The molecule has 216 valence electrons. The molecule has 0 aliphatic heterocycles. The average Bonchev–Trinajstić information content (AvgIpc) is 3.59. The molecule has 0 atom stereocenters. The summed E-state index contributed by atoms with van der Waals surface area (Å²) in [6.07, 6.45) is 0. The molecule has 5 aromatic carbocycles. The number of nitrogens with one attached hydrogen (secondary N) is 1. The van der Waals surface area contributed by atoms with Gasteiger partial charge >= 0.3 is 0 Å². The van der Waals surface area contributed by atoms with Gasteiger partial charge in [-0.3, -0.25) is 0 Å². The molecule has 3 heterocycles. The lowest BCUT2D eigenvalue weighted by Crippen LogP contribution is -2.11. The molecule has 1 N–H and O–H groups in total. The highest BCUT2D eigenvalue weighted by atomic mass is 16.3. The fourth-order valence-electron chi connectivity index (χ4n) is 6.41. The molecule has 0 aliphatic rings. The van der Waals surface area contributed by atoms with Crippen LogP contribution in [-0.2, 0) is 10.8 Å². The maximum absolute atomic E-state index is 6.32. The molecule has 44 heavy (non-hydrogen) atoms. The van der Waals surface area contributed by atoms with Crippen molar-refractivity contribution >= 4 is 54.3 Å². The Hall–Kier alpha value is -4.96. The number of para-hydroxylation sites is 1. The van der Waals surface area contributed by atoms with Crippen molar-refractivity contribution in [2.24, 2.45) is 0 Å². The van der Waals surface area contributed by atoms with Gasteiger partial charge in [0, 0.05) is 38.0 Å². The summed E-state index contributed by atoms with van der Waals surface area (Å²) >= 11 is 0. The maximum atomic E-state index is 6.32. The molecule has 4 nitrogen and oxygen atoms in total. The highest BCUT2D eigenvalue weighted by molar-refractivity contribution is 6.16. The van der Waals surface area contributed by atoms with E-state index in [1.54, 1.807) is 0 Å². The molecule has 0 amide bonds. The Morgan fingerprint density at radius 1 is 0.545 bits per heavy atom. The standard InChI is InChI=1S/C40H35N3O/c1-39(2,3)26-15-16-33-28(20-26)31-21-27(40(4,5)6)22-32(36(31)41-33)37-29-17-23-11-7-8-12-24(23)18-30(29)38(43-42-37)35-19-25-13-9-10-14-34(25)44-35/h7-22,41H,1-6H3. The lowest BCUT2D eigenvalue weighted by atomic mass is 9.83. The summed E-state index contributed by atoms with van der Waals surface area (Å²) in [6.45, 7) is 13.6. The molecule has 3 aromatic heterocycles. The monoisotopic (exact) mass is 573 g/mol. The number of benzene rings is 5. The lowest BCUT2D eigenvalue weighted by Gasteiger charge is -2.21. The van der Waals surface area contributed by atoms with Gasteiger partial charge in [0.1, 0.15) is 17.0 Å². The molecule has 0 aliphatic carbocycles. The zero-order chi connectivity index (χ0) is 30.4. The third kappa shape index (κ3) is 4.20. The summed E-state index contributed by atoms with van der Waals surface area (Å²) in [7, 11) is 0. The van der Waals surface area contributed by atoms with Gasteiger partial charge in [0.25, 0.3) is 0 Å². The first-order valence-electron chi connectivity index (χ1n) is 15.3. The molecule has 0 fully saturated rings. The average molecular weight is 574 g/mol. The zero-order valence-corrected chi connectivity index (χ0v) is 26.0. The third-order valence-corrected chi connectivity index (χ3v) is 9.00. The van der Waals surface area contributed by atoms with Gasteiger partial charge in [0.15, 0.2) is 5.76 Å². The minimum atomic E-state index is -0.0572. The Kier molecular flexibility index (Phi) is 5.61. The molecular weight excluding hydrogens is 538 g/mol. The van der Waals surface area contributed by atoms with Crippen LogP contribution >= 0.6 is 0 Å². The Morgan fingerprint density at radius 3 is 1.84 bits per heavy atom. The van der Waals surface area contributed by atoms with Crippen molar-refractivity contribution in [1.29, 1.82) is 0 Å². The second kappa shape index (κ2) is 9.27. The van der Waals surface area contributed by atoms with Crippen molar-refractivity contribution in [2.75, 3.05) is 0 Å². The van der Waals surface area contributed by atoms with Crippen LogP contribution in [0.1, 0.15) is 52.7 Å². The maximum Gasteiger partial charge on any atom is 0.156 e. The predicted molar refractivity (Wildman–Crippen MR) is 184 cm³/mol. The topological polar surface area (TPSA) is 54.7 Å².